The van der Waals surface area contributed by atoms with Crippen LogP contribution < -0.4 is 10.2 Å². The van der Waals surface area contributed by atoms with E-state index in [0.717, 1.165) is 61.1 Å². The highest BCUT2D eigenvalue weighted by Crippen LogP contribution is 2.48. The Morgan fingerprint density at radius 2 is 1.61 bits per heavy atom. The molecule has 1 amide bonds. The Morgan fingerprint density at radius 1 is 0.895 bits per heavy atom. The SMILES string of the molecule is C=CS(=O)(=O)CCNC(=O)CCc1ccc(SC2=C(/C=C/C3=[N+](CCC)c4ccccc4C3(C)C)CCC/C2=C\C=C2\N(CCC)c3ccccc3C2(C)C)cc1. The fourth-order valence-electron chi connectivity index (χ4n) is 8.53. The topological polar surface area (TPSA) is 69.5 Å². The van der Waals surface area contributed by atoms with Crippen molar-refractivity contribution in [1.29, 1.82) is 0 Å². The Balaban J connectivity index is 1.32. The van der Waals surface area contributed by atoms with Gasteiger partial charge in [-0.3, -0.25) is 4.79 Å². The molecule has 300 valence electrons. The summed E-state index contributed by atoms with van der Waals surface area (Å²) in [6.07, 6.45) is 15.7. The highest BCUT2D eigenvalue weighted by molar-refractivity contribution is 8.03. The highest BCUT2D eigenvalue weighted by Gasteiger charge is 2.44. The van der Waals surface area contributed by atoms with Crippen LogP contribution in [0.3, 0.4) is 0 Å². The summed E-state index contributed by atoms with van der Waals surface area (Å²) in [6.45, 7) is 19.3. The summed E-state index contributed by atoms with van der Waals surface area (Å²) >= 11 is 1.84. The van der Waals surface area contributed by atoms with Gasteiger partial charge in [0.2, 0.25) is 11.6 Å². The molecule has 0 fully saturated rings. The molecule has 0 saturated heterocycles. The van der Waals surface area contributed by atoms with Gasteiger partial charge in [0.15, 0.2) is 15.5 Å². The number of anilines is 1. The third-order valence-corrected chi connectivity index (χ3v) is 14.1. The summed E-state index contributed by atoms with van der Waals surface area (Å²) < 4.78 is 25.9. The average Bonchev–Trinajstić information content (AvgIpc) is 3.54. The molecule has 2 heterocycles. The van der Waals surface area contributed by atoms with Crippen LogP contribution in [-0.4, -0.2) is 50.0 Å². The van der Waals surface area contributed by atoms with Crippen molar-refractivity contribution in [3.63, 3.8) is 0 Å². The minimum atomic E-state index is -3.34. The van der Waals surface area contributed by atoms with Crippen LogP contribution in [0.4, 0.5) is 11.4 Å². The van der Waals surface area contributed by atoms with Gasteiger partial charge in [0.05, 0.1) is 11.2 Å². The molecule has 3 aliphatic rings. The van der Waals surface area contributed by atoms with Crippen LogP contribution >= 0.6 is 11.8 Å². The second-order valence-corrected chi connectivity index (χ2v) is 19.5. The zero-order valence-corrected chi connectivity index (χ0v) is 36.4. The number of amides is 1. The van der Waals surface area contributed by atoms with E-state index in [2.05, 4.69) is 160 Å². The number of allylic oxidation sites excluding steroid dienone is 7. The van der Waals surface area contributed by atoms with Crippen molar-refractivity contribution < 1.29 is 17.8 Å². The van der Waals surface area contributed by atoms with E-state index in [1.165, 1.54) is 50.0 Å². The number of hydrogen-bond acceptors (Lipinski definition) is 5. The van der Waals surface area contributed by atoms with Gasteiger partial charge in [-0.05, 0) is 92.5 Å². The van der Waals surface area contributed by atoms with E-state index in [4.69, 9.17) is 0 Å². The van der Waals surface area contributed by atoms with Gasteiger partial charge < -0.3 is 10.2 Å². The van der Waals surface area contributed by atoms with Gasteiger partial charge >= 0.3 is 0 Å². The lowest BCUT2D eigenvalue weighted by molar-refractivity contribution is -0.437. The summed E-state index contributed by atoms with van der Waals surface area (Å²) in [6, 6.07) is 26.3. The molecule has 0 radical (unpaired) electrons. The van der Waals surface area contributed by atoms with Gasteiger partial charge in [0.25, 0.3) is 0 Å². The molecule has 1 N–H and O–H groups in total. The van der Waals surface area contributed by atoms with Gasteiger partial charge in [-0.1, -0.05) is 107 Å². The predicted octanol–water partition coefficient (Wildman–Crippen LogP) is 10.9. The Labute approximate surface area is 346 Å². The molecule has 0 atom stereocenters. The van der Waals surface area contributed by atoms with Crippen molar-refractivity contribution in [3.05, 3.63) is 148 Å². The summed E-state index contributed by atoms with van der Waals surface area (Å²) in [5, 5.41) is 3.66. The summed E-state index contributed by atoms with van der Waals surface area (Å²) in [7, 11) is -3.34. The predicted molar refractivity (Wildman–Crippen MR) is 240 cm³/mol. The van der Waals surface area contributed by atoms with Gasteiger partial charge in [-0.15, -0.1) is 0 Å². The number of thioether (sulfide) groups is 1. The van der Waals surface area contributed by atoms with Crippen molar-refractivity contribution in [2.45, 2.75) is 102 Å². The fourth-order valence-corrected chi connectivity index (χ4v) is 10.2. The number of benzene rings is 3. The van der Waals surface area contributed by atoms with E-state index < -0.39 is 9.84 Å². The smallest absolute Gasteiger partial charge is 0.220 e. The number of nitrogens with zero attached hydrogens (tertiary/aromatic N) is 2. The van der Waals surface area contributed by atoms with E-state index in [-0.39, 0.29) is 29.0 Å². The standard InChI is InChI=1S/C49H59N3O3S2/c1-8-33-51-42-20-13-11-18-40(42)48(4,5)44(51)29-25-37-16-15-17-38(26-30-45-49(6,7)41-19-12-14-21-43(41)52(45)34-9-2)47(37)56-39-27-22-36(23-28-39)24-31-46(53)50-32-35-57(54,55)10-3/h10-14,18-23,25-30H,3,8-9,15-17,24,31-35H2,1-2,4-7H3/p+1. The lowest BCUT2D eigenvalue weighted by atomic mass is 9.81. The van der Waals surface area contributed by atoms with Crippen molar-refractivity contribution in [3.8, 4) is 0 Å². The number of aryl methyl sites for hydroxylation is 1. The maximum Gasteiger partial charge on any atom is 0.220 e. The third kappa shape index (κ3) is 9.34. The highest BCUT2D eigenvalue weighted by atomic mass is 32.2. The van der Waals surface area contributed by atoms with Crippen LogP contribution in [-0.2, 0) is 31.9 Å². The molecular formula is C49H60N3O3S2+. The maximum atomic E-state index is 12.5. The lowest BCUT2D eigenvalue weighted by Gasteiger charge is -2.27. The van der Waals surface area contributed by atoms with Crippen molar-refractivity contribution in [1.82, 2.24) is 5.32 Å². The van der Waals surface area contributed by atoms with Crippen molar-refractivity contribution in [2.24, 2.45) is 0 Å². The zero-order valence-electron chi connectivity index (χ0n) is 34.7. The largest absolute Gasteiger partial charge is 0.355 e. The molecule has 57 heavy (non-hydrogen) atoms. The molecular weight excluding hydrogens is 743 g/mol. The first-order valence-electron chi connectivity index (χ1n) is 20.6. The molecule has 0 spiro atoms. The van der Waals surface area contributed by atoms with Crippen LogP contribution in [0.1, 0.15) is 96.8 Å². The molecule has 8 heteroatoms. The first kappa shape index (κ1) is 42.2. The van der Waals surface area contributed by atoms with Crippen LogP contribution in [0.5, 0.6) is 0 Å². The molecule has 3 aromatic carbocycles. The number of para-hydroxylation sites is 2. The van der Waals surface area contributed by atoms with Crippen LogP contribution in [0.25, 0.3) is 0 Å². The third-order valence-electron chi connectivity index (χ3n) is 11.6. The first-order chi connectivity index (χ1) is 27.3. The second kappa shape index (κ2) is 18.0. The van der Waals surface area contributed by atoms with Crippen LogP contribution in [0, 0.1) is 0 Å². The fraction of sp³-hybridized carbons (Fsp3) is 0.388. The summed E-state index contributed by atoms with van der Waals surface area (Å²) in [4.78, 5) is 17.5. The van der Waals surface area contributed by atoms with E-state index in [9.17, 15) is 13.2 Å². The Morgan fingerprint density at radius 3 is 2.33 bits per heavy atom. The summed E-state index contributed by atoms with van der Waals surface area (Å²) in [5.41, 5.74) is 11.7. The average molecular weight is 803 g/mol. The Bertz CT molecular complexity index is 2260. The normalized spacial score (nSPS) is 18.8. The zero-order chi connectivity index (χ0) is 40.8. The molecule has 0 aromatic heterocycles. The Kier molecular flexibility index (Phi) is 13.4. The first-order valence-corrected chi connectivity index (χ1v) is 23.2. The molecule has 2 aliphatic heterocycles. The van der Waals surface area contributed by atoms with Gasteiger partial charge in [0.1, 0.15) is 6.54 Å². The van der Waals surface area contributed by atoms with E-state index in [0.29, 0.717) is 12.8 Å². The van der Waals surface area contributed by atoms with Crippen molar-refractivity contribution >= 4 is 44.6 Å². The van der Waals surface area contributed by atoms with E-state index >= 15 is 0 Å². The van der Waals surface area contributed by atoms with Gasteiger partial charge in [-0.25, -0.2) is 8.42 Å². The minimum Gasteiger partial charge on any atom is -0.355 e. The van der Waals surface area contributed by atoms with Gasteiger partial charge in [-0.2, -0.15) is 4.58 Å². The quantitative estimate of drug-likeness (QED) is 0.146. The lowest BCUT2D eigenvalue weighted by Crippen LogP contribution is -2.28. The molecule has 6 rings (SSSR count). The number of sulfone groups is 1. The number of rotatable bonds is 16. The van der Waals surface area contributed by atoms with Crippen molar-refractivity contribution in [2.75, 3.05) is 30.3 Å². The van der Waals surface area contributed by atoms with Crippen LogP contribution in [0.2, 0.25) is 0 Å². The number of hydrogen-bond donors (Lipinski definition) is 1. The number of carbonyl (C=O) groups excluding carboxylic acids is 1. The second-order valence-electron chi connectivity index (χ2n) is 16.4. The van der Waals surface area contributed by atoms with Crippen LogP contribution in [0.15, 0.2) is 136 Å². The number of fused-ring (bicyclic) bond motifs is 2. The number of carbonyl (C=O) groups is 1. The van der Waals surface area contributed by atoms with E-state index in [1.54, 1.807) is 0 Å². The molecule has 1 aliphatic carbocycles. The minimum absolute atomic E-state index is 0.0859. The molecule has 0 unspecified atom stereocenters. The number of nitrogens with one attached hydrogen (secondary N) is 1. The molecule has 6 nitrogen and oxygen atoms in total. The van der Waals surface area contributed by atoms with E-state index in [1.807, 2.05) is 11.8 Å². The summed E-state index contributed by atoms with van der Waals surface area (Å²) in [5.74, 6) is -0.297. The Hall–Kier alpha value is -4.40. The van der Waals surface area contributed by atoms with Gasteiger partial charge in [0, 0.05) is 75.6 Å². The molecule has 3 aromatic rings. The molecule has 0 saturated carbocycles. The molecule has 0 bridgehead atoms. The maximum absolute atomic E-state index is 12.5. The monoisotopic (exact) mass is 802 g/mol.